The maximum absolute atomic E-state index is 13.8. The third-order valence-electron chi connectivity index (χ3n) is 9.92. The van der Waals surface area contributed by atoms with Gasteiger partial charge in [0.25, 0.3) is 12.9 Å². The number of alkyl halides is 2. The summed E-state index contributed by atoms with van der Waals surface area (Å²) in [6.45, 7) is 8.69. The van der Waals surface area contributed by atoms with E-state index in [2.05, 4.69) is 50.1 Å². The average Bonchev–Trinajstić information content (AvgIpc) is 3.90. The van der Waals surface area contributed by atoms with E-state index in [-0.39, 0.29) is 18.2 Å². The highest BCUT2D eigenvalue weighted by atomic mass is 35.5. The molecule has 0 amide bonds. The second kappa shape index (κ2) is 12.4. The molecule has 7 rings (SSSR count). The normalized spacial score (nSPS) is 22.8. The van der Waals surface area contributed by atoms with Crippen LogP contribution in [0.3, 0.4) is 0 Å². The highest BCUT2D eigenvalue weighted by Crippen LogP contribution is 2.70. The van der Waals surface area contributed by atoms with Crippen molar-refractivity contribution < 1.29 is 18.7 Å². The minimum atomic E-state index is -2.53. The number of carbonyl (C=O) groups is 1. The Bertz CT molecular complexity index is 1420. The number of hydrogen-bond acceptors (Lipinski definition) is 5. The van der Waals surface area contributed by atoms with Crippen LogP contribution in [-0.2, 0) is 4.79 Å². The predicted molar refractivity (Wildman–Crippen MR) is 166 cm³/mol. The zero-order valence-electron chi connectivity index (χ0n) is 24.6. The number of carboxylic acid groups (broad SMARTS) is 1. The minimum absolute atomic E-state index is 0.0361. The maximum Gasteiger partial charge on any atom is 0.290 e. The van der Waals surface area contributed by atoms with Gasteiger partial charge in [0, 0.05) is 67.8 Å². The Morgan fingerprint density at radius 2 is 1.79 bits per heavy atom. The van der Waals surface area contributed by atoms with Crippen molar-refractivity contribution >= 4 is 29.4 Å². The molecule has 2 saturated carbocycles. The van der Waals surface area contributed by atoms with Crippen LogP contribution in [0.2, 0.25) is 5.02 Å². The highest BCUT2D eigenvalue weighted by molar-refractivity contribution is 6.31. The molecule has 2 aliphatic carbocycles. The number of rotatable bonds is 7. The number of nitrogens with zero attached hydrogens (tertiary/aromatic N) is 5. The molecular formula is C33H40ClF2N5O2. The van der Waals surface area contributed by atoms with Crippen LogP contribution in [0.25, 0.3) is 11.1 Å². The Morgan fingerprint density at radius 3 is 2.44 bits per heavy atom. The molecule has 4 aliphatic rings. The summed E-state index contributed by atoms with van der Waals surface area (Å²) >= 11 is 6.49. The van der Waals surface area contributed by atoms with Gasteiger partial charge in [0.15, 0.2) is 0 Å². The van der Waals surface area contributed by atoms with Crippen LogP contribution in [0.5, 0.6) is 0 Å². The largest absolute Gasteiger partial charge is 0.483 e. The quantitative estimate of drug-likeness (QED) is 0.293. The molecule has 0 radical (unpaired) electrons. The molecule has 1 spiro atoms. The molecule has 230 valence electrons. The molecule has 7 nitrogen and oxygen atoms in total. The van der Waals surface area contributed by atoms with Crippen LogP contribution >= 0.6 is 11.6 Å². The van der Waals surface area contributed by atoms with Crippen molar-refractivity contribution in [3.8, 4) is 11.1 Å². The first kappa shape index (κ1) is 29.9. The van der Waals surface area contributed by atoms with Gasteiger partial charge in [-0.1, -0.05) is 29.8 Å². The van der Waals surface area contributed by atoms with E-state index >= 15 is 0 Å². The van der Waals surface area contributed by atoms with Crippen LogP contribution < -0.4 is 9.80 Å². The molecule has 2 aromatic carbocycles. The van der Waals surface area contributed by atoms with Gasteiger partial charge in [-0.2, -0.15) is 5.10 Å². The Hall–Kier alpha value is -3.17. The van der Waals surface area contributed by atoms with Gasteiger partial charge in [-0.3, -0.25) is 14.4 Å². The summed E-state index contributed by atoms with van der Waals surface area (Å²) < 4.78 is 29.2. The minimum Gasteiger partial charge on any atom is -0.483 e. The van der Waals surface area contributed by atoms with E-state index in [9.17, 15) is 8.78 Å². The number of aromatic nitrogens is 2. The molecular weight excluding hydrogens is 572 g/mol. The Balaban J connectivity index is 0.00000105. The first-order valence-electron chi connectivity index (χ1n) is 15.3. The molecule has 2 aliphatic heterocycles. The second-order valence-electron chi connectivity index (χ2n) is 12.6. The maximum atomic E-state index is 13.8. The lowest BCUT2D eigenvalue weighted by atomic mass is 9.99. The van der Waals surface area contributed by atoms with Crippen LogP contribution in [0.1, 0.15) is 55.8 Å². The third kappa shape index (κ3) is 6.38. The molecule has 2 atom stereocenters. The monoisotopic (exact) mass is 611 g/mol. The summed E-state index contributed by atoms with van der Waals surface area (Å²) in [7, 11) is 0. The Morgan fingerprint density at radius 1 is 1.07 bits per heavy atom. The summed E-state index contributed by atoms with van der Waals surface area (Å²) in [5.41, 5.74) is 5.95. The average molecular weight is 612 g/mol. The van der Waals surface area contributed by atoms with Gasteiger partial charge in [0.05, 0.1) is 12.2 Å². The van der Waals surface area contributed by atoms with Gasteiger partial charge in [-0.15, -0.1) is 0 Å². The highest BCUT2D eigenvalue weighted by Gasteiger charge is 2.62. The number of piperazine rings is 1. The van der Waals surface area contributed by atoms with Crippen LogP contribution in [-0.4, -0.2) is 72.1 Å². The molecule has 3 aromatic rings. The summed E-state index contributed by atoms with van der Waals surface area (Å²) in [5.74, 6) is 0.970. The van der Waals surface area contributed by atoms with Crippen molar-refractivity contribution in [2.24, 2.45) is 11.3 Å². The lowest BCUT2D eigenvalue weighted by molar-refractivity contribution is -0.122. The number of anilines is 2. The fourth-order valence-electron chi connectivity index (χ4n) is 7.22. The number of piperidine rings is 1. The molecule has 2 saturated heterocycles. The SMILES string of the molecule is Cc1cnn(C2CCCN(c3cc(Cl)ccc3-c3ccc(N4CCN(CC5CC56CC6)CC4)cc3)C2)c1C(F)F.O=CO. The fourth-order valence-corrected chi connectivity index (χ4v) is 7.39. The number of hydrogen-bond donors (Lipinski definition) is 1. The zero-order chi connectivity index (χ0) is 30.1. The van der Waals surface area contributed by atoms with E-state index < -0.39 is 6.43 Å². The lowest BCUT2D eigenvalue weighted by Crippen LogP contribution is -2.47. The summed E-state index contributed by atoms with van der Waals surface area (Å²) in [5, 5.41) is 11.9. The standard InChI is InChI=1S/C32H38ClF2N5.CH2O2/c1-22-19-36-40(30(22)31(34)35)27-3-2-12-39(21-27)29-17-25(33)6-9-28(29)23-4-7-26(8-5-23)38-15-13-37(14-16-38)20-24-18-32(24)10-11-32;2-1-3/h4-9,17,19,24,27,31H,2-3,10-16,18,20-21H2,1H3;1H,(H,2,3). The van der Waals surface area contributed by atoms with Crippen molar-refractivity contribution in [3.05, 3.63) is 64.9 Å². The number of benzene rings is 2. The van der Waals surface area contributed by atoms with Gasteiger partial charge in [-0.05, 0) is 85.8 Å². The van der Waals surface area contributed by atoms with Gasteiger partial charge in [0.1, 0.15) is 5.69 Å². The molecule has 3 heterocycles. The number of halogens is 3. The van der Waals surface area contributed by atoms with Crippen LogP contribution in [0.15, 0.2) is 48.7 Å². The fraction of sp³-hybridized carbons (Fsp3) is 0.515. The molecule has 1 N–H and O–H groups in total. The Kier molecular flexibility index (Phi) is 8.65. The van der Waals surface area contributed by atoms with Crippen molar-refractivity contribution in [2.45, 2.75) is 51.5 Å². The molecule has 10 heteroatoms. The van der Waals surface area contributed by atoms with E-state index in [1.165, 1.54) is 31.5 Å². The molecule has 2 unspecified atom stereocenters. The van der Waals surface area contributed by atoms with Crippen LogP contribution in [0, 0.1) is 18.3 Å². The molecule has 0 bridgehead atoms. The Labute approximate surface area is 257 Å². The van der Waals surface area contributed by atoms with Crippen molar-refractivity contribution in [2.75, 3.05) is 55.6 Å². The van der Waals surface area contributed by atoms with E-state index in [1.807, 2.05) is 12.1 Å². The summed E-state index contributed by atoms with van der Waals surface area (Å²) in [4.78, 5) is 15.8. The van der Waals surface area contributed by atoms with Crippen molar-refractivity contribution in [3.63, 3.8) is 0 Å². The van der Waals surface area contributed by atoms with Gasteiger partial charge >= 0.3 is 0 Å². The van der Waals surface area contributed by atoms with Crippen molar-refractivity contribution in [1.29, 1.82) is 0 Å². The van der Waals surface area contributed by atoms with Crippen molar-refractivity contribution in [1.82, 2.24) is 14.7 Å². The van der Waals surface area contributed by atoms with E-state index in [0.29, 0.717) is 17.1 Å². The summed E-state index contributed by atoms with van der Waals surface area (Å²) in [6, 6.07) is 14.8. The third-order valence-corrected chi connectivity index (χ3v) is 10.2. The first-order chi connectivity index (χ1) is 20.8. The van der Waals surface area contributed by atoms with Gasteiger partial charge in [-0.25, -0.2) is 8.78 Å². The van der Waals surface area contributed by atoms with E-state index in [4.69, 9.17) is 21.5 Å². The topological polar surface area (TPSA) is 64.8 Å². The number of aryl methyl sites for hydroxylation is 1. The molecule has 4 fully saturated rings. The zero-order valence-corrected chi connectivity index (χ0v) is 25.4. The second-order valence-corrected chi connectivity index (χ2v) is 13.0. The van der Waals surface area contributed by atoms with E-state index in [0.717, 1.165) is 73.7 Å². The summed E-state index contributed by atoms with van der Waals surface area (Å²) in [6.07, 6.45) is 5.18. The lowest BCUT2D eigenvalue weighted by Gasteiger charge is -2.37. The predicted octanol–water partition coefficient (Wildman–Crippen LogP) is 6.91. The van der Waals surface area contributed by atoms with E-state index in [1.54, 1.807) is 17.8 Å². The molecule has 43 heavy (non-hydrogen) atoms. The molecule has 1 aromatic heterocycles. The van der Waals surface area contributed by atoms with Gasteiger partial charge in [0.2, 0.25) is 0 Å². The smallest absolute Gasteiger partial charge is 0.290 e. The van der Waals surface area contributed by atoms with Crippen LogP contribution in [0.4, 0.5) is 20.2 Å². The van der Waals surface area contributed by atoms with Gasteiger partial charge < -0.3 is 14.9 Å². The first-order valence-corrected chi connectivity index (χ1v) is 15.7.